The number of carbonyl (C=O) groups is 1. The lowest BCUT2D eigenvalue weighted by atomic mass is 9.32. The minimum atomic E-state index is -2.85. The minimum absolute atomic E-state index is 0.121. The van der Waals surface area contributed by atoms with Crippen molar-refractivity contribution in [3.63, 3.8) is 0 Å². The van der Waals surface area contributed by atoms with Gasteiger partial charge in [-0.15, -0.1) is 0 Å². The molecule has 1 aromatic rings. The third-order valence-electron chi connectivity index (χ3n) is 18.2. The number of carboxylic acids is 1. The predicted octanol–water partition coefficient (Wildman–Crippen LogP) is 8.42. The molecule has 7 heteroatoms. The van der Waals surface area contributed by atoms with Gasteiger partial charge in [0.25, 0.3) is 0 Å². The number of likely N-dealkylation sites (tertiary alicyclic amines) is 1. The molecule has 2 aliphatic heterocycles. The van der Waals surface area contributed by atoms with E-state index in [1.807, 2.05) is 12.1 Å². The van der Waals surface area contributed by atoms with Crippen molar-refractivity contribution >= 4 is 15.8 Å². The Morgan fingerprint density at radius 3 is 2.28 bits per heavy atom. The van der Waals surface area contributed by atoms with Gasteiger partial charge in [-0.1, -0.05) is 60.6 Å². The number of benzene rings is 1. The van der Waals surface area contributed by atoms with Crippen molar-refractivity contribution in [1.29, 1.82) is 0 Å². The molecule has 2 saturated heterocycles. The van der Waals surface area contributed by atoms with Gasteiger partial charge >= 0.3 is 5.97 Å². The van der Waals surface area contributed by atoms with Gasteiger partial charge in [0.2, 0.25) is 0 Å². The van der Waals surface area contributed by atoms with Crippen LogP contribution in [-0.4, -0.2) is 66.6 Å². The molecule has 8 rings (SSSR count). The highest BCUT2D eigenvalue weighted by Gasteiger charge is 2.71. The number of carboxylic acid groups (broad SMARTS) is 1. The van der Waals surface area contributed by atoms with Crippen LogP contribution in [-0.2, 0) is 9.84 Å². The van der Waals surface area contributed by atoms with Crippen molar-refractivity contribution in [2.45, 2.75) is 142 Å². The van der Waals surface area contributed by atoms with Crippen LogP contribution in [0.4, 0.5) is 0 Å². The average Bonchev–Trinajstić information content (AvgIpc) is 3.72. The highest BCUT2D eigenvalue weighted by atomic mass is 32.2. The van der Waals surface area contributed by atoms with Crippen LogP contribution in [0.15, 0.2) is 24.3 Å². The van der Waals surface area contributed by atoms with Gasteiger partial charge in [-0.2, -0.15) is 0 Å². The van der Waals surface area contributed by atoms with E-state index in [0.717, 1.165) is 49.7 Å². The lowest BCUT2D eigenvalue weighted by Crippen LogP contribution is -2.68. The molecule has 0 aromatic heterocycles. The van der Waals surface area contributed by atoms with Crippen molar-refractivity contribution < 1.29 is 18.3 Å². The second kappa shape index (κ2) is 11.8. The molecule has 12 atom stereocenters. The van der Waals surface area contributed by atoms with Crippen LogP contribution < -0.4 is 5.32 Å². The zero-order valence-electron chi connectivity index (χ0n) is 32.1. The smallest absolute Gasteiger partial charge is 0.335 e. The van der Waals surface area contributed by atoms with E-state index in [1.165, 1.54) is 69.8 Å². The SMILES string of the molecule is CC(C)C1CC[C@]2(NCCN3C[C@@H]4C[C@H]3CS4(=O)=O)CC[C@]3(C)[C@H](CC[C@@H]4[C@@]5(C)CC[C@H](c6ccc(C(=O)O)cc6)C(C)(C)[C@@H]5CC[C@]43C)[C@@H]12. The van der Waals surface area contributed by atoms with Crippen molar-refractivity contribution in [2.75, 3.05) is 25.4 Å². The zero-order valence-corrected chi connectivity index (χ0v) is 33.0. The molecular formula is C43H66N2O4S. The summed E-state index contributed by atoms with van der Waals surface area (Å²) in [5.74, 6) is 4.35. The topological polar surface area (TPSA) is 86.7 Å². The molecule has 6 nitrogen and oxygen atoms in total. The first kappa shape index (κ1) is 35.6. The van der Waals surface area contributed by atoms with Crippen LogP contribution in [0.1, 0.15) is 141 Å². The summed E-state index contributed by atoms with van der Waals surface area (Å²) in [5.41, 5.74) is 3.10. The second-order valence-electron chi connectivity index (χ2n) is 20.4. The summed E-state index contributed by atoms with van der Waals surface area (Å²) in [5, 5.41) is 13.7. The van der Waals surface area contributed by atoms with Gasteiger partial charge in [-0.05, 0) is 151 Å². The molecule has 1 unspecified atom stereocenters. The molecule has 0 spiro atoms. The molecule has 7 aliphatic rings. The van der Waals surface area contributed by atoms with E-state index in [1.54, 1.807) is 0 Å². The molecule has 2 N–H and O–H groups in total. The number of rotatable bonds is 7. The second-order valence-corrected chi connectivity index (χ2v) is 22.7. The Bertz CT molecular complexity index is 1610. The maximum Gasteiger partial charge on any atom is 0.335 e. The molecule has 50 heavy (non-hydrogen) atoms. The average molecular weight is 707 g/mol. The van der Waals surface area contributed by atoms with E-state index in [2.05, 4.69) is 70.8 Å². The van der Waals surface area contributed by atoms with E-state index in [0.29, 0.717) is 45.3 Å². The number of hydrogen-bond acceptors (Lipinski definition) is 5. The Morgan fingerprint density at radius 1 is 0.900 bits per heavy atom. The standard InChI is InChI=1S/C43H66N2O4S/c1-27(2)32-14-19-43(44-22-23-45-25-31-24-30(45)26-50(31,48)49)21-20-41(6)34(37(32)43)12-13-36-40(5)17-15-33(28-8-10-29(11-9-28)38(46)47)39(3,4)35(40)16-18-42(36,41)7/h8-11,27,30-37,44H,12-26H2,1-7H3,(H,46,47)/t30-,31-,32?,33+,34+,35-,36+,37+,40-,41+,42+,43-/m0/s1. The Kier molecular flexibility index (Phi) is 8.38. The Morgan fingerprint density at radius 2 is 1.64 bits per heavy atom. The number of aromatic carboxylic acids is 1. The zero-order chi connectivity index (χ0) is 35.6. The lowest BCUT2D eigenvalue weighted by molar-refractivity contribution is -0.235. The first-order valence-corrected chi connectivity index (χ1v) is 22.2. The lowest BCUT2D eigenvalue weighted by Gasteiger charge is -2.73. The van der Waals surface area contributed by atoms with Crippen molar-refractivity contribution in [3.05, 3.63) is 35.4 Å². The molecule has 0 radical (unpaired) electrons. The molecule has 5 saturated carbocycles. The third kappa shape index (κ3) is 4.96. The van der Waals surface area contributed by atoms with Crippen LogP contribution in [0.5, 0.6) is 0 Å². The number of nitrogens with zero attached hydrogens (tertiary/aromatic N) is 1. The quantitative estimate of drug-likeness (QED) is 0.296. The fraction of sp³-hybridized carbons (Fsp3) is 0.837. The number of nitrogens with one attached hydrogen (secondary N) is 1. The van der Waals surface area contributed by atoms with Crippen LogP contribution >= 0.6 is 0 Å². The van der Waals surface area contributed by atoms with Crippen LogP contribution in [0.2, 0.25) is 0 Å². The minimum Gasteiger partial charge on any atom is -0.478 e. The summed E-state index contributed by atoms with van der Waals surface area (Å²) < 4.78 is 24.8. The Labute approximate surface area is 303 Å². The van der Waals surface area contributed by atoms with E-state index in [9.17, 15) is 18.3 Å². The summed E-state index contributed by atoms with van der Waals surface area (Å²) in [6.45, 7) is 21.0. The van der Waals surface area contributed by atoms with E-state index in [4.69, 9.17) is 0 Å². The fourth-order valence-electron chi connectivity index (χ4n) is 15.7. The Balaban J connectivity index is 1.03. The monoisotopic (exact) mass is 706 g/mol. The molecule has 2 bridgehead atoms. The highest BCUT2D eigenvalue weighted by Crippen LogP contribution is 2.77. The number of sulfone groups is 1. The maximum absolute atomic E-state index is 12.4. The first-order valence-electron chi connectivity index (χ1n) is 20.5. The fourth-order valence-corrected chi connectivity index (χ4v) is 17.7. The molecule has 2 heterocycles. The highest BCUT2D eigenvalue weighted by molar-refractivity contribution is 7.92. The summed E-state index contributed by atoms with van der Waals surface area (Å²) in [7, 11) is -2.85. The van der Waals surface area contributed by atoms with Crippen molar-refractivity contribution in [3.8, 4) is 0 Å². The van der Waals surface area contributed by atoms with Crippen LogP contribution in [0.25, 0.3) is 0 Å². The van der Waals surface area contributed by atoms with Crippen molar-refractivity contribution in [2.24, 2.45) is 57.2 Å². The number of hydrogen-bond donors (Lipinski definition) is 2. The van der Waals surface area contributed by atoms with Gasteiger partial charge < -0.3 is 10.4 Å². The van der Waals surface area contributed by atoms with Gasteiger partial charge in [0.05, 0.1) is 16.6 Å². The maximum atomic E-state index is 12.4. The summed E-state index contributed by atoms with van der Waals surface area (Å²) in [6, 6.07) is 8.08. The van der Waals surface area contributed by atoms with E-state index in [-0.39, 0.29) is 22.2 Å². The van der Waals surface area contributed by atoms with Gasteiger partial charge in [-0.3, -0.25) is 4.90 Å². The van der Waals surface area contributed by atoms with E-state index >= 15 is 0 Å². The van der Waals surface area contributed by atoms with Crippen LogP contribution in [0.3, 0.4) is 0 Å². The molecule has 5 aliphatic carbocycles. The summed E-state index contributed by atoms with van der Waals surface area (Å²) in [6.07, 6.45) is 13.9. The molecule has 1 aromatic carbocycles. The largest absolute Gasteiger partial charge is 0.478 e. The third-order valence-corrected chi connectivity index (χ3v) is 20.4. The normalized spacial score (nSPS) is 47.4. The first-order chi connectivity index (χ1) is 23.5. The molecular weight excluding hydrogens is 641 g/mol. The molecule has 278 valence electrons. The van der Waals surface area contributed by atoms with E-state index < -0.39 is 15.8 Å². The van der Waals surface area contributed by atoms with Crippen molar-refractivity contribution in [1.82, 2.24) is 10.2 Å². The Hall–Kier alpha value is -1.44. The van der Waals surface area contributed by atoms with Gasteiger partial charge in [-0.25, -0.2) is 13.2 Å². The summed E-state index contributed by atoms with van der Waals surface area (Å²) in [4.78, 5) is 14.1. The van der Waals surface area contributed by atoms with Gasteiger partial charge in [0.15, 0.2) is 9.84 Å². The molecule has 7 fully saturated rings. The van der Waals surface area contributed by atoms with Gasteiger partial charge in [0.1, 0.15) is 0 Å². The number of fused-ring (bicyclic) bond motifs is 9. The molecule has 0 amide bonds. The predicted molar refractivity (Wildman–Crippen MR) is 201 cm³/mol. The van der Waals surface area contributed by atoms with Crippen LogP contribution in [0, 0.1) is 57.2 Å². The summed E-state index contributed by atoms with van der Waals surface area (Å²) >= 11 is 0. The van der Waals surface area contributed by atoms with Gasteiger partial charge in [0, 0.05) is 31.2 Å².